The lowest BCUT2D eigenvalue weighted by Gasteiger charge is -2.29. The molecule has 0 spiro atoms. The first kappa shape index (κ1) is 24.3. The molecule has 0 radical (unpaired) electrons. The van der Waals surface area contributed by atoms with Crippen molar-refractivity contribution in [2.45, 2.75) is 38.6 Å². The molecule has 0 fully saturated rings. The molecule has 1 heterocycles. The van der Waals surface area contributed by atoms with E-state index in [1.54, 1.807) is 57.2 Å². The van der Waals surface area contributed by atoms with Gasteiger partial charge in [0.1, 0.15) is 5.75 Å². The number of carbonyl (C=O) groups excluding carboxylic acids is 2. The van der Waals surface area contributed by atoms with E-state index in [1.165, 1.54) is 7.11 Å². The van der Waals surface area contributed by atoms with Gasteiger partial charge in [-0.3, -0.25) is 0 Å². The third-order valence-electron chi connectivity index (χ3n) is 5.33. The molecule has 2 aromatic carbocycles. The second-order valence-electron chi connectivity index (χ2n) is 7.91. The van der Waals surface area contributed by atoms with E-state index in [2.05, 4.69) is 10.6 Å². The van der Waals surface area contributed by atoms with Gasteiger partial charge in [-0.1, -0.05) is 29.8 Å². The summed E-state index contributed by atoms with van der Waals surface area (Å²) in [6.07, 6.45) is 0. The van der Waals surface area contributed by atoms with Crippen LogP contribution in [0, 0.1) is 20.8 Å². The number of nitrogens with one attached hydrogen (secondary N) is 2. The quantitative estimate of drug-likeness (QED) is 0.599. The zero-order chi connectivity index (χ0) is 24.3. The Morgan fingerprint density at radius 1 is 1.09 bits per heavy atom. The molecule has 8 nitrogen and oxygen atoms in total. The van der Waals surface area contributed by atoms with Gasteiger partial charge in [-0.15, -0.1) is 0 Å². The van der Waals surface area contributed by atoms with Gasteiger partial charge < -0.3 is 20.1 Å². The first-order valence-corrected chi connectivity index (χ1v) is 12.1. The van der Waals surface area contributed by atoms with Crippen LogP contribution in [0.1, 0.15) is 35.2 Å². The molecule has 1 aliphatic rings. The van der Waals surface area contributed by atoms with Crippen LogP contribution in [0.3, 0.4) is 0 Å². The fourth-order valence-electron chi connectivity index (χ4n) is 4.17. The van der Waals surface area contributed by atoms with Crippen molar-refractivity contribution in [3.63, 3.8) is 0 Å². The Kier molecular flexibility index (Phi) is 7.12. The van der Waals surface area contributed by atoms with E-state index in [0.29, 0.717) is 22.4 Å². The minimum absolute atomic E-state index is 0.00982. The number of urea groups is 1. The van der Waals surface area contributed by atoms with Crippen LogP contribution in [0.4, 0.5) is 4.79 Å². The SMILES string of the molecule is CCOC(=O)C1=C(CS(=O)(=O)c2c(C)cc(C)cc2C)NC(=O)N[C@@H]1c1cccc(OC)c1. The number of rotatable bonds is 7. The van der Waals surface area contributed by atoms with Gasteiger partial charge in [0.2, 0.25) is 0 Å². The zero-order valence-corrected chi connectivity index (χ0v) is 20.1. The number of amides is 2. The zero-order valence-electron chi connectivity index (χ0n) is 19.3. The molecule has 0 aromatic heterocycles. The van der Waals surface area contributed by atoms with E-state index >= 15 is 0 Å². The Morgan fingerprint density at radius 2 is 1.76 bits per heavy atom. The van der Waals surface area contributed by atoms with Crippen molar-refractivity contribution in [3.8, 4) is 5.75 Å². The van der Waals surface area contributed by atoms with Gasteiger partial charge >= 0.3 is 12.0 Å². The maximum Gasteiger partial charge on any atom is 0.338 e. The third kappa shape index (κ3) is 5.19. The number of ether oxygens (including phenoxy) is 2. The Morgan fingerprint density at radius 3 is 2.36 bits per heavy atom. The molecule has 2 amide bonds. The lowest BCUT2D eigenvalue weighted by molar-refractivity contribution is -0.139. The normalized spacial score (nSPS) is 16.2. The number of benzene rings is 2. The van der Waals surface area contributed by atoms with Crippen LogP contribution in [0.5, 0.6) is 5.75 Å². The van der Waals surface area contributed by atoms with E-state index in [9.17, 15) is 18.0 Å². The lowest BCUT2D eigenvalue weighted by Crippen LogP contribution is -2.47. The fraction of sp³-hybridized carbons (Fsp3) is 0.333. The van der Waals surface area contributed by atoms with E-state index in [4.69, 9.17) is 9.47 Å². The monoisotopic (exact) mass is 472 g/mol. The summed E-state index contributed by atoms with van der Waals surface area (Å²) in [6, 6.07) is 8.92. The van der Waals surface area contributed by atoms with Crippen molar-refractivity contribution < 1.29 is 27.5 Å². The van der Waals surface area contributed by atoms with Crippen molar-refractivity contribution in [3.05, 3.63) is 69.9 Å². The van der Waals surface area contributed by atoms with Crippen molar-refractivity contribution in [1.29, 1.82) is 0 Å². The van der Waals surface area contributed by atoms with Crippen LogP contribution in [0.25, 0.3) is 0 Å². The van der Waals surface area contributed by atoms with E-state index in [1.807, 2.05) is 6.92 Å². The summed E-state index contributed by atoms with van der Waals surface area (Å²) >= 11 is 0. The molecule has 0 saturated carbocycles. The van der Waals surface area contributed by atoms with Gasteiger partial charge in [-0.2, -0.15) is 0 Å². The summed E-state index contributed by atoms with van der Waals surface area (Å²) in [6.45, 7) is 7.10. The van der Waals surface area contributed by atoms with Gasteiger partial charge in [-0.25, -0.2) is 18.0 Å². The van der Waals surface area contributed by atoms with Crippen molar-refractivity contribution in [1.82, 2.24) is 10.6 Å². The van der Waals surface area contributed by atoms with Crippen LogP contribution in [-0.2, 0) is 19.4 Å². The first-order chi connectivity index (χ1) is 15.6. The number of methoxy groups -OCH3 is 1. The molecule has 9 heteroatoms. The number of carbonyl (C=O) groups is 2. The second-order valence-corrected chi connectivity index (χ2v) is 9.83. The molecule has 0 unspecified atom stereocenters. The molecular weight excluding hydrogens is 444 g/mol. The Bertz CT molecular complexity index is 1210. The van der Waals surface area contributed by atoms with Gasteiger partial charge in [0.05, 0.1) is 36.0 Å². The third-order valence-corrected chi connectivity index (χ3v) is 7.26. The number of hydrogen-bond donors (Lipinski definition) is 2. The Labute approximate surface area is 193 Å². The number of sulfone groups is 1. The number of hydrogen-bond acceptors (Lipinski definition) is 6. The summed E-state index contributed by atoms with van der Waals surface area (Å²) in [5, 5.41) is 5.23. The summed E-state index contributed by atoms with van der Waals surface area (Å²) in [4.78, 5) is 25.7. The van der Waals surface area contributed by atoms with Crippen molar-refractivity contribution in [2.75, 3.05) is 19.5 Å². The molecule has 33 heavy (non-hydrogen) atoms. The first-order valence-electron chi connectivity index (χ1n) is 10.5. The van der Waals surface area contributed by atoms with Crippen LogP contribution in [0.2, 0.25) is 0 Å². The topological polar surface area (TPSA) is 111 Å². The van der Waals surface area contributed by atoms with Gasteiger partial charge in [0.15, 0.2) is 9.84 Å². The molecular formula is C24H28N2O6S. The molecule has 3 rings (SSSR count). The van der Waals surface area contributed by atoms with E-state index < -0.39 is 33.6 Å². The molecule has 0 saturated heterocycles. The van der Waals surface area contributed by atoms with Crippen molar-refractivity contribution >= 4 is 21.8 Å². The maximum absolute atomic E-state index is 13.5. The number of aryl methyl sites for hydroxylation is 3. The molecule has 0 aliphatic carbocycles. The smallest absolute Gasteiger partial charge is 0.338 e. The summed E-state index contributed by atoms with van der Waals surface area (Å²) in [7, 11) is -2.39. The van der Waals surface area contributed by atoms with Gasteiger partial charge in [-0.05, 0) is 56.5 Å². The highest BCUT2D eigenvalue weighted by Gasteiger charge is 2.36. The maximum atomic E-state index is 13.5. The van der Waals surface area contributed by atoms with Crippen LogP contribution < -0.4 is 15.4 Å². The highest BCUT2D eigenvalue weighted by atomic mass is 32.2. The summed E-state index contributed by atoms with van der Waals surface area (Å²) in [5.41, 5.74) is 2.75. The van der Waals surface area contributed by atoms with Crippen LogP contribution in [-0.4, -0.2) is 39.9 Å². The molecule has 2 N–H and O–H groups in total. The molecule has 1 atom stereocenters. The van der Waals surface area contributed by atoms with E-state index in [-0.39, 0.29) is 22.8 Å². The lowest BCUT2D eigenvalue weighted by atomic mass is 9.95. The molecule has 0 bridgehead atoms. The van der Waals surface area contributed by atoms with Gasteiger partial charge in [0, 0.05) is 5.70 Å². The number of esters is 1. The predicted molar refractivity (Wildman–Crippen MR) is 124 cm³/mol. The van der Waals surface area contributed by atoms with Crippen molar-refractivity contribution in [2.24, 2.45) is 0 Å². The standard InChI is InChI=1S/C24H28N2O6S/c1-6-32-23(27)20-19(13-33(29,30)22-15(3)10-14(2)11-16(22)4)25-24(28)26-21(20)17-8-7-9-18(12-17)31-5/h7-12,21H,6,13H2,1-5H3,(H2,25,26,28)/t21-/m1/s1. The molecule has 176 valence electrons. The van der Waals surface area contributed by atoms with Crippen LogP contribution in [0.15, 0.2) is 52.6 Å². The summed E-state index contributed by atoms with van der Waals surface area (Å²) < 4.78 is 37.4. The largest absolute Gasteiger partial charge is 0.497 e. The highest BCUT2D eigenvalue weighted by molar-refractivity contribution is 7.91. The predicted octanol–water partition coefficient (Wildman–Crippen LogP) is 3.27. The fourth-order valence-corrected chi connectivity index (χ4v) is 6.02. The average Bonchev–Trinajstić information content (AvgIpc) is 2.72. The molecule has 2 aromatic rings. The highest BCUT2D eigenvalue weighted by Crippen LogP contribution is 2.32. The molecule has 1 aliphatic heterocycles. The van der Waals surface area contributed by atoms with E-state index in [0.717, 1.165) is 5.56 Å². The average molecular weight is 473 g/mol. The minimum Gasteiger partial charge on any atom is -0.497 e. The Balaban J connectivity index is 2.16. The van der Waals surface area contributed by atoms with Crippen LogP contribution >= 0.6 is 0 Å². The summed E-state index contributed by atoms with van der Waals surface area (Å²) in [5.74, 6) is -0.733. The Hall–Kier alpha value is -3.33. The minimum atomic E-state index is -3.89. The second kappa shape index (κ2) is 9.66. The van der Waals surface area contributed by atoms with Gasteiger partial charge in [0.25, 0.3) is 0 Å².